The van der Waals surface area contributed by atoms with Gasteiger partial charge in [0.05, 0.1) is 11.9 Å². The predicted octanol–water partition coefficient (Wildman–Crippen LogP) is 2.83. The Morgan fingerprint density at radius 2 is 2.17 bits per heavy atom. The van der Waals surface area contributed by atoms with Gasteiger partial charge in [-0.15, -0.1) is 0 Å². The number of likely N-dealkylation sites (tertiary alicyclic amines) is 1. The molecule has 0 aliphatic carbocycles. The fourth-order valence-electron chi connectivity index (χ4n) is 3.86. The number of aryl methyl sites for hydroxylation is 2. The molecule has 1 atom stereocenters. The molecule has 1 saturated heterocycles. The topological polar surface area (TPSA) is 38.4 Å². The quantitative estimate of drug-likeness (QED) is 0.741. The molecule has 4 heterocycles. The first-order chi connectivity index (χ1) is 11.7. The summed E-state index contributed by atoms with van der Waals surface area (Å²) in [6, 6.07) is 4.23. The van der Waals surface area contributed by atoms with Crippen LogP contribution in [-0.4, -0.2) is 36.9 Å². The molecule has 0 aromatic carbocycles. The number of piperidine rings is 1. The molecular weight excluding hydrogens is 298 g/mol. The molecule has 24 heavy (non-hydrogen) atoms. The van der Waals surface area contributed by atoms with Gasteiger partial charge < -0.3 is 8.97 Å². The Balaban J connectivity index is 1.46. The van der Waals surface area contributed by atoms with Crippen molar-refractivity contribution in [3.8, 4) is 0 Å². The lowest BCUT2D eigenvalue weighted by atomic mass is 9.94. The van der Waals surface area contributed by atoms with Crippen LogP contribution in [0.4, 0.5) is 0 Å². The van der Waals surface area contributed by atoms with Gasteiger partial charge >= 0.3 is 0 Å². The van der Waals surface area contributed by atoms with Gasteiger partial charge in [0.2, 0.25) is 0 Å². The number of nitrogens with zero attached hydrogens (tertiary/aromatic N) is 5. The van der Waals surface area contributed by atoms with E-state index in [4.69, 9.17) is 0 Å². The van der Waals surface area contributed by atoms with E-state index in [-0.39, 0.29) is 0 Å². The first-order valence-corrected chi connectivity index (χ1v) is 8.81. The Bertz CT molecular complexity index is 831. The molecule has 1 fully saturated rings. The fourth-order valence-corrected chi connectivity index (χ4v) is 3.86. The number of hydrogen-bond donors (Lipinski definition) is 0. The van der Waals surface area contributed by atoms with Crippen molar-refractivity contribution in [3.05, 3.63) is 54.0 Å². The largest absolute Gasteiger partial charge is 0.338 e. The Morgan fingerprint density at radius 3 is 3.00 bits per heavy atom. The zero-order chi connectivity index (χ0) is 16.5. The average Bonchev–Trinajstić information content (AvgIpc) is 3.16. The van der Waals surface area contributed by atoms with Crippen molar-refractivity contribution in [2.24, 2.45) is 13.0 Å². The molecule has 0 N–H and O–H groups in total. The summed E-state index contributed by atoms with van der Waals surface area (Å²) in [5.41, 5.74) is 3.59. The third kappa shape index (κ3) is 2.96. The van der Waals surface area contributed by atoms with E-state index in [0.717, 1.165) is 25.2 Å². The van der Waals surface area contributed by atoms with E-state index >= 15 is 0 Å². The normalized spacial score (nSPS) is 19.2. The van der Waals surface area contributed by atoms with Crippen molar-refractivity contribution in [2.45, 2.75) is 32.7 Å². The van der Waals surface area contributed by atoms with E-state index in [2.05, 4.69) is 56.1 Å². The summed E-state index contributed by atoms with van der Waals surface area (Å²) in [5, 5.41) is 0. The lowest BCUT2D eigenvalue weighted by Gasteiger charge is -2.32. The molecule has 5 heteroatoms. The molecule has 5 nitrogen and oxygen atoms in total. The highest BCUT2D eigenvalue weighted by molar-refractivity contribution is 5.48. The van der Waals surface area contributed by atoms with E-state index in [1.807, 2.05) is 18.6 Å². The third-order valence-corrected chi connectivity index (χ3v) is 5.19. The number of hydrogen-bond acceptors (Lipinski definition) is 3. The van der Waals surface area contributed by atoms with E-state index in [1.54, 1.807) is 0 Å². The van der Waals surface area contributed by atoms with Crippen LogP contribution in [0.1, 0.15) is 29.9 Å². The Hall–Kier alpha value is -2.14. The highest BCUT2D eigenvalue weighted by Crippen LogP contribution is 2.22. The van der Waals surface area contributed by atoms with Crippen LogP contribution in [0.2, 0.25) is 0 Å². The van der Waals surface area contributed by atoms with Crippen molar-refractivity contribution in [3.63, 3.8) is 0 Å². The lowest BCUT2D eigenvalue weighted by molar-refractivity contribution is 0.163. The van der Waals surface area contributed by atoms with Gasteiger partial charge in [-0.25, -0.2) is 9.97 Å². The molecule has 0 bridgehead atoms. The molecule has 1 aliphatic heterocycles. The summed E-state index contributed by atoms with van der Waals surface area (Å²) < 4.78 is 4.38. The Kier molecular flexibility index (Phi) is 4.10. The second-order valence-corrected chi connectivity index (χ2v) is 7.04. The summed E-state index contributed by atoms with van der Waals surface area (Å²) in [4.78, 5) is 11.7. The second-order valence-electron chi connectivity index (χ2n) is 7.04. The molecule has 3 aromatic heterocycles. The molecule has 1 unspecified atom stereocenters. The van der Waals surface area contributed by atoms with Crippen LogP contribution in [0.15, 0.2) is 36.9 Å². The van der Waals surface area contributed by atoms with E-state index < -0.39 is 0 Å². The molecule has 1 aliphatic rings. The van der Waals surface area contributed by atoms with Crippen molar-refractivity contribution in [1.29, 1.82) is 0 Å². The zero-order valence-corrected chi connectivity index (χ0v) is 14.5. The number of rotatable bonds is 4. The van der Waals surface area contributed by atoms with Crippen molar-refractivity contribution in [1.82, 2.24) is 23.8 Å². The summed E-state index contributed by atoms with van der Waals surface area (Å²) >= 11 is 0. The maximum Gasteiger partial charge on any atom is 0.139 e. The van der Waals surface area contributed by atoms with Crippen LogP contribution in [0.3, 0.4) is 0 Å². The monoisotopic (exact) mass is 323 g/mol. The van der Waals surface area contributed by atoms with Gasteiger partial charge in [-0.2, -0.15) is 0 Å². The zero-order valence-electron chi connectivity index (χ0n) is 14.5. The fraction of sp³-hybridized carbons (Fsp3) is 0.474. The molecule has 0 radical (unpaired) electrons. The number of imidazole rings is 2. The summed E-state index contributed by atoms with van der Waals surface area (Å²) in [7, 11) is 2.09. The predicted molar refractivity (Wildman–Crippen MR) is 94.8 cm³/mol. The van der Waals surface area contributed by atoms with Gasteiger partial charge in [0, 0.05) is 45.1 Å². The Labute approximate surface area is 143 Å². The van der Waals surface area contributed by atoms with Crippen molar-refractivity contribution >= 4 is 5.65 Å². The van der Waals surface area contributed by atoms with Crippen LogP contribution in [0, 0.1) is 12.8 Å². The van der Waals surface area contributed by atoms with E-state index in [0.29, 0.717) is 5.92 Å². The van der Waals surface area contributed by atoms with Crippen LogP contribution in [0.25, 0.3) is 5.65 Å². The molecule has 3 aromatic rings. The summed E-state index contributed by atoms with van der Waals surface area (Å²) in [5.74, 6) is 1.90. The minimum atomic E-state index is 0.695. The van der Waals surface area contributed by atoms with E-state index in [9.17, 15) is 0 Å². The van der Waals surface area contributed by atoms with Crippen LogP contribution in [-0.2, 0) is 20.0 Å². The standard InChI is InChI=1S/C19H25N5/c1-15-5-3-9-24-17(12-21-19(15)24)14-23-8-4-6-16(13-23)11-18-20-7-10-22(18)2/h3,5,7,9-10,12,16H,4,6,8,11,13-14H2,1-2H3. The average molecular weight is 323 g/mol. The minimum absolute atomic E-state index is 0.695. The Morgan fingerprint density at radius 1 is 1.25 bits per heavy atom. The minimum Gasteiger partial charge on any atom is -0.338 e. The highest BCUT2D eigenvalue weighted by Gasteiger charge is 2.22. The number of pyridine rings is 1. The highest BCUT2D eigenvalue weighted by atomic mass is 15.2. The van der Waals surface area contributed by atoms with Crippen LogP contribution >= 0.6 is 0 Å². The third-order valence-electron chi connectivity index (χ3n) is 5.19. The molecular formula is C19H25N5. The lowest BCUT2D eigenvalue weighted by Crippen LogP contribution is -2.36. The molecule has 0 spiro atoms. The van der Waals surface area contributed by atoms with Crippen LogP contribution < -0.4 is 0 Å². The maximum atomic E-state index is 4.60. The molecule has 126 valence electrons. The van der Waals surface area contributed by atoms with Gasteiger partial charge in [0.25, 0.3) is 0 Å². The van der Waals surface area contributed by atoms with Gasteiger partial charge in [-0.1, -0.05) is 6.07 Å². The summed E-state index contributed by atoms with van der Waals surface area (Å²) in [6.45, 7) is 5.42. The second kappa shape index (κ2) is 6.40. The van der Waals surface area contributed by atoms with Crippen LogP contribution in [0.5, 0.6) is 0 Å². The SMILES string of the molecule is Cc1cccn2c(CN3CCCC(Cc4nccn4C)C3)cnc12. The van der Waals surface area contributed by atoms with Gasteiger partial charge in [-0.05, 0) is 43.9 Å². The van der Waals surface area contributed by atoms with Gasteiger partial charge in [0.1, 0.15) is 11.5 Å². The van der Waals surface area contributed by atoms with Gasteiger partial charge in [0.15, 0.2) is 0 Å². The number of aromatic nitrogens is 4. The van der Waals surface area contributed by atoms with Crippen molar-refractivity contribution in [2.75, 3.05) is 13.1 Å². The molecule has 0 saturated carbocycles. The first kappa shape index (κ1) is 15.4. The molecule has 4 rings (SSSR count). The smallest absolute Gasteiger partial charge is 0.139 e. The summed E-state index contributed by atoms with van der Waals surface area (Å²) in [6.07, 6.45) is 11.7. The number of fused-ring (bicyclic) bond motifs is 1. The maximum absolute atomic E-state index is 4.60. The molecule has 0 amide bonds. The first-order valence-electron chi connectivity index (χ1n) is 8.81. The van der Waals surface area contributed by atoms with Gasteiger partial charge in [-0.3, -0.25) is 4.90 Å². The van der Waals surface area contributed by atoms with Crippen molar-refractivity contribution < 1.29 is 0 Å². The van der Waals surface area contributed by atoms with E-state index in [1.165, 1.54) is 36.5 Å².